The van der Waals surface area contributed by atoms with Crippen molar-refractivity contribution in [3.05, 3.63) is 46.9 Å². The number of amides is 1. The second-order valence-corrected chi connectivity index (χ2v) is 9.10. The van der Waals surface area contributed by atoms with E-state index in [9.17, 15) is 9.90 Å². The number of hydrogen-bond acceptors (Lipinski definition) is 7. The van der Waals surface area contributed by atoms with Gasteiger partial charge in [0.15, 0.2) is 0 Å². The molecule has 8 nitrogen and oxygen atoms in total. The molecule has 1 aliphatic carbocycles. The summed E-state index contributed by atoms with van der Waals surface area (Å²) >= 11 is 6.08. The molecular weight excluding hydrogens is 442 g/mol. The highest BCUT2D eigenvalue weighted by Crippen LogP contribution is 2.27. The summed E-state index contributed by atoms with van der Waals surface area (Å²) in [6, 6.07) is 7.20. The van der Waals surface area contributed by atoms with Gasteiger partial charge in [0.25, 0.3) is 5.91 Å². The van der Waals surface area contributed by atoms with Crippen molar-refractivity contribution in [2.45, 2.75) is 50.7 Å². The van der Waals surface area contributed by atoms with Crippen LogP contribution in [0.25, 0.3) is 0 Å². The number of aliphatic hydroxyl groups is 1. The zero-order valence-electron chi connectivity index (χ0n) is 18.4. The number of benzene rings is 1. The number of ether oxygens (including phenoxy) is 1. The number of piperidine rings is 1. The van der Waals surface area contributed by atoms with Gasteiger partial charge in [0.05, 0.1) is 29.1 Å². The van der Waals surface area contributed by atoms with Crippen LogP contribution in [0.15, 0.2) is 30.6 Å². The quantitative estimate of drug-likeness (QED) is 0.667. The average Bonchev–Trinajstić information content (AvgIpc) is 2.85. The van der Waals surface area contributed by atoms with Gasteiger partial charge in [0.1, 0.15) is 23.3 Å². The van der Waals surface area contributed by atoms with Gasteiger partial charge in [-0.3, -0.25) is 4.79 Å². The number of nitrogens with one attached hydrogen (secondary N) is 1. The van der Waals surface area contributed by atoms with Crippen LogP contribution in [0.3, 0.4) is 0 Å². The summed E-state index contributed by atoms with van der Waals surface area (Å²) in [5.41, 5.74) is 0.743. The van der Waals surface area contributed by atoms with Crippen molar-refractivity contribution >= 4 is 23.3 Å². The van der Waals surface area contributed by atoms with Crippen LogP contribution >= 0.6 is 11.6 Å². The summed E-state index contributed by atoms with van der Waals surface area (Å²) in [4.78, 5) is 23.5. The van der Waals surface area contributed by atoms with E-state index < -0.39 is 0 Å². The molecule has 4 rings (SSSR count). The molecule has 9 heteroatoms. The third-order valence-electron chi connectivity index (χ3n) is 6.44. The summed E-state index contributed by atoms with van der Waals surface area (Å²) in [5.74, 6) is 1.57. The molecular formula is C24H28ClN5O3. The molecule has 2 N–H and O–H groups in total. The Morgan fingerprint density at radius 3 is 2.55 bits per heavy atom. The van der Waals surface area contributed by atoms with Gasteiger partial charge in [-0.15, -0.1) is 0 Å². The molecule has 174 valence electrons. The lowest BCUT2D eigenvalue weighted by atomic mass is 9.93. The van der Waals surface area contributed by atoms with Gasteiger partial charge in [-0.05, 0) is 56.6 Å². The number of carbonyl (C=O) groups is 1. The van der Waals surface area contributed by atoms with Gasteiger partial charge in [0.2, 0.25) is 0 Å². The van der Waals surface area contributed by atoms with Crippen LogP contribution in [0, 0.1) is 17.2 Å². The van der Waals surface area contributed by atoms with Gasteiger partial charge >= 0.3 is 0 Å². The molecule has 0 bridgehead atoms. The Balaban J connectivity index is 1.24. The lowest BCUT2D eigenvalue weighted by Gasteiger charge is -2.31. The molecule has 1 aromatic heterocycles. The van der Waals surface area contributed by atoms with Crippen molar-refractivity contribution in [1.29, 1.82) is 5.26 Å². The molecule has 2 aromatic rings. The Morgan fingerprint density at radius 1 is 1.18 bits per heavy atom. The van der Waals surface area contributed by atoms with Crippen LogP contribution in [-0.2, 0) is 0 Å². The molecule has 1 aliphatic heterocycles. The number of hydrogen-bond donors (Lipinski definition) is 2. The third-order valence-corrected chi connectivity index (χ3v) is 6.75. The number of aliphatic hydroxyl groups excluding tert-OH is 1. The molecule has 1 amide bonds. The first-order valence-corrected chi connectivity index (χ1v) is 11.8. The van der Waals surface area contributed by atoms with Crippen molar-refractivity contribution < 1.29 is 14.6 Å². The molecule has 2 fully saturated rings. The molecule has 0 radical (unpaired) electrons. The second-order valence-electron chi connectivity index (χ2n) is 8.69. The van der Waals surface area contributed by atoms with Gasteiger partial charge < -0.3 is 20.1 Å². The minimum absolute atomic E-state index is 0.0520. The van der Waals surface area contributed by atoms with Crippen LogP contribution in [-0.4, -0.2) is 52.8 Å². The van der Waals surface area contributed by atoms with Gasteiger partial charge in [-0.2, -0.15) is 5.26 Å². The van der Waals surface area contributed by atoms with Crippen LogP contribution in [0.5, 0.6) is 5.75 Å². The Morgan fingerprint density at radius 2 is 1.94 bits per heavy atom. The normalized spacial score (nSPS) is 21.3. The summed E-state index contributed by atoms with van der Waals surface area (Å²) in [7, 11) is 0. The number of rotatable bonds is 6. The van der Waals surface area contributed by atoms with Crippen LogP contribution in [0.1, 0.15) is 54.6 Å². The summed E-state index contributed by atoms with van der Waals surface area (Å²) < 4.78 is 6.01. The first-order chi connectivity index (χ1) is 16.1. The van der Waals surface area contributed by atoms with E-state index in [-0.39, 0.29) is 24.7 Å². The SMILES string of the molecule is N#Cc1ccc(O[C@H]2CC[C@H](NC(=O)c3cnc(N4CCC(CO)CC4)cn3)CC2)cc1Cl. The van der Waals surface area contributed by atoms with Crippen molar-refractivity contribution in [3.8, 4) is 11.8 Å². The fourth-order valence-corrected chi connectivity index (χ4v) is 4.60. The van der Waals surface area contributed by atoms with E-state index in [1.54, 1.807) is 24.4 Å². The number of nitriles is 1. The standard InChI is InChI=1S/C24H28ClN5O3/c25-21-11-20(4-1-17(21)12-26)33-19-5-2-18(3-6-19)29-24(32)22-13-28-23(14-27-22)30-9-7-16(15-31)8-10-30/h1,4,11,13-14,16,18-19,31H,2-3,5-10,15H2,(H,29,32)/t18-,19-. The van der Waals surface area contributed by atoms with E-state index in [1.165, 1.54) is 6.20 Å². The van der Waals surface area contributed by atoms with E-state index in [0.717, 1.165) is 57.4 Å². The topological polar surface area (TPSA) is 111 Å². The molecule has 33 heavy (non-hydrogen) atoms. The van der Waals surface area contributed by atoms with Gasteiger partial charge in [-0.1, -0.05) is 11.6 Å². The Hall–Kier alpha value is -2.89. The summed E-state index contributed by atoms with van der Waals surface area (Å²) in [6.07, 6.45) is 8.37. The third kappa shape index (κ3) is 5.92. The van der Waals surface area contributed by atoms with Crippen molar-refractivity contribution in [1.82, 2.24) is 15.3 Å². The molecule has 0 unspecified atom stereocenters. The minimum Gasteiger partial charge on any atom is -0.490 e. The van der Waals surface area contributed by atoms with E-state index in [0.29, 0.717) is 27.9 Å². The van der Waals surface area contributed by atoms with Crippen molar-refractivity contribution in [2.24, 2.45) is 5.92 Å². The Bertz CT molecular complexity index is 994. The first kappa shape index (κ1) is 23.3. The maximum absolute atomic E-state index is 12.6. The van der Waals surface area contributed by atoms with E-state index in [4.69, 9.17) is 21.6 Å². The van der Waals surface area contributed by atoms with E-state index in [1.807, 2.05) is 6.07 Å². The fourth-order valence-electron chi connectivity index (χ4n) is 4.38. The largest absolute Gasteiger partial charge is 0.490 e. The molecule has 1 saturated heterocycles. The maximum atomic E-state index is 12.6. The summed E-state index contributed by atoms with van der Waals surface area (Å²) in [6.45, 7) is 1.91. The molecule has 2 heterocycles. The highest BCUT2D eigenvalue weighted by Gasteiger charge is 2.25. The van der Waals surface area contributed by atoms with E-state index >= 15 is 0 Å². The van der Waals surface area contributed by atoms with Crippen LogP contribution in [0.2, 0.25) is 5.02 Å². The number of anilines is 1. The number of nitrogens with zero attached hydrogens (tertiary/aromatic N) is 4. The molecule has 0 atom stereocenters. The van der Waals surface area contributed by atoms with Crippen LogP contribution < -0.4 is 15.0 Å². The second kappa shape index (κ2) is 10.8. The Labute approximate surface area is 198 Å². The smallest absolute Gasteiger partial charge is 0.271 e. The number of aromatic nitrogens is 2. The van der Waals surface area contributed by atoms with Crippen molar-refractivity contribution in [3.63, 3.8) is 0 Å². The van der Waals surface area contributed by atoms with E-state index in [2.05, 4.69) is 20.2 Å². The minimum atomic E-state index is -0.212. The Kier molecular flexibility index (Phi) is 7.63. The zero-order valence-corrected chi connectivity index (χ0v) is 19.2. The predicted octanol–water partition coefficient (Wildman–Crippen LogP) is 3.33. The number of carbonyl (C=O) groups excluding carboxylic acids is 1. The highest BCUT2D eigenvalue weighted by molar-refractivity contribution is 6.31. The van der Waals surface area contributed by atoms with Crippen molar-refractivity contribution in [2.75, 3.05) is 24.6 Å². The maximum Gasteiger partial charge on any atom is 0.271 e. The highest BCUT2D eigenvalue weighted by atomic mass is 35.5. The molecule has 0 spiro atoms. The zero-order chi connectivity index (χ0) is 23.2. The average molecular weight is 470 g/mol. The summed E-state index contributed by atoms with van der Waals surface area (Å²) in [5, 5.41) is 21.7. The fraction of sp³-hybridized carbons (Fsp3) is 0.500. The lowest BCUT2D eigenvalue weighted by molar-refractivity contribution is 0.0888. The molecule has 1 aromatic carbocycles. The van der Waals surface area contributed by atoms with Gasteiger partial charge in [-0.25, -0.2) is 9.97 Å². The predicted molar refractivity (Wildman–Crippen MR) is 124 cm³/mol. The first-order valence-electron chi connectivity index (χ1n) is 11.4. The molecule has 2 aliphatic rings. The lowest BCUT2D eigenvalue weighted by Crippen LogP contribution is -2.40. The van der Waals surface area contributed by atoms with Crippen LogP contribution in [0.4, 0.5) is 5.82 Å². The van der Waals surface area contributed by atoms with Gasteiger partial charge in [0, 0.05) is 31.8 Å². The molecule has 1 saturated carbocycles. The monoisotopic (exact) mass is 469 g/mol. The number of halogens is 1.